The fourth-order valence-electron chi connectivity index (χ4n) is 3.30. The van der Waals surface area contributed by atoms with Crippen LogP contribution in [-0.2, 0) is 9.53 Å². The topological polar surface area (TPSA) is 85.7 Å². The lowest BCUT2D eigenvalue weighted by Gasteiger charge is -2.32. The van der Waals surface area contributed by atoms with Crippen LogP contribution in [0.15, 0.2) is 29.8 Å². The molecule has 0 spiro atoms. The monoisotopic (exact) mass is 390 g/mol. The van der Waals surface area contributed by atoms with Gasteiger partial charge in [-0.05, 0) is 30.2 Å². The summed E-state index contributed by atoms with van der Waals surface area (Å²) in [6, 6.07) is 6.12. The zero-order valence-corrected chi connectivity index (χ0v) is 15.3. The van der Waals surface area contributed by atoms with Crippen LogP contribution in [0.4, 0.5) is 25.0 Å². The second-order valence-electron chi connectivity index (χ2n) is 6.70. The van der Waals surface area contributed by atoms with Crippen LogP contribution in [0.3, 0.4) is 0 Å². The number of ether oxygens (including phenoxy) is 1. The quantitative estimate of drug-likeness (QED) is 0.798. The van der Waals surface area contributed by atoms with Crippen LogP contribution in [0, 0.1) is 17.1 Å². The molecule has 2 heterocycles. The summed E-state index contributed by atoms with van der Waals surface area (Å²) in [5.74, 6) is -0.805. The van der Waals surface area contributed by atoms with Crippen molar-refractivity contribution in [2.75, 3.05) is 36.0 Å². The Hall–Kier alpha value is -3.15. The number of allylic oxidation sites excluding steroid dienone is 1. The van der Waals surface area contributed by atoms with Crippen molar-refractivity contribution in [3.8, 4) is 6.07 Å². The number of carbonyl (C=O) groups excluding carboxylic acids is 2. The number of hydrogen-bond donors (Lipinski definition) is 1. The van der Waals surface area contributed by atoms with E-state index in [1.54, 1.807) is 11.0 Å². The zero-order chi connectivity index (χ0) is 20.3. The normalized spacial score (nSPS) is 23.5. The lowest BCUT2D eigenvalue weighted by molar-refractivity contribution is -0.119. The first-order chi connectivity index (χ1) is 13.4. The molecule has 28 heavy (non-hydrogen) atoms. The molecule has 0 aromatic heterocycles. The van der Waals surface area contributed by atoms with E-state index in [-0.39, 0.29) is 31.2 Å². The van der Waals surface area contributed by atoms with E-state index < -0.39 is 24.2 Å². The molecule has 2 fully saturated rings. The van der Waals surface area contributed by atoms with Gasteiger partial charge in [-0.15, -0.1) is 0 Å². The molecular weight excluding hydrogens is 370 g/mol. The van der Waals surface area contributed by atoms with Crippen molar-refractivity contribution in [3.05, 3.63) is 35.7 Å². The molecule has 2 unspecified atom stereocenters. The predicted molar refractivity (Wildman–Crippen MR) is 98.1 cm³/mol. The Labute approximate surface area is 161 Å². The maximum atomic E-state index is 14.7. The Morgan fingerprint density at radius 2 is 2.25 bits per heavy atom. The van der Waals surface area contributed by atoms with Crippen LogP contribution in [0.1, 0.15) is 13.3 Å². The Morgan fingerprint density at radius 3 is 2.89 bits per heavy atom. The molecule has 0 aliphatic carbocycles. The standard InChI is InChI=1S/C19H20F2N4O3/c1-12(26)23-9-15-10-25(19(27)28-15)14-2-3-18(16(20)8-14)24-7-5-13(4-6-22)17(21)11-24/h2-4,8,15,17H,5,7,9-11H2,1H3,(H,23,26). The summed E-state index contributed by atoms with van der Waals surface area (Å²) in [5, 5.41) is 11.2. The van der Waals surface area contributed by atoms with Gasteiger partial charge in [-0.3, -0.25) is 9.69 Å². The van der Waals surface area contributed by atoms with Gasteiger partial charge in [-0.2, -0.15) is 5.26 Å². The molecule has 0 bridgehead atoms. The first-order valence-corrected chi connectivity index (χ1v) is 8.88. The molecule has 2 saturated heterocycles. The van der Waals surface area contributed by atoms with Crippen LogP contribution in [0.2, 0.25) is 0 Å². The first-order valence-electron chi connectivity index (χ1n) is 8.88. The molecule has 2 aliphatic rings. The number of cyclic esters (lactones) is 1. The molecule has 2 atom stereocenters. The van der Waals surface area contributed by atoms with Crippen LogP contribution >= 0.6 is 0 Å². The molecule has 9 heteroatoms. The van der Waals surface area contributed by atoms with E-state index in [0.717, 1.165) is 0 Å². The largest absolute Gasteiger partial charge is 0.442 e. The minimum Gasteiger partial charge on any atom is -0.442 e. The fraction of sp³-hybridized carbons (Fsp3) is 0.421. The number of anilines is 2. The van der Waals surface area contributed by atoms with Crippen LogP contribution in [0.25, 0.3) is 0 Å². The van der Waals surface area contributed by atoms with Crippen molar-refractivity contribution in [2.24, 2.45) is 0 Å². The average molecular weight is 390 g/mol. The van der Waals surface area contributed by atoms with E-state index in [2.05, 4.69) is 5.32 Å². The van der Waals surface area contributed by atoms with Crippen molar-refractivity contribution >= 4 is 23.4 Å². The Bertz CT molecular complexity index is 852. The maximum Gasteiger partial charge on any atom is 0.414 e. The van der Waals surface area contributed by atoms with E-state index in [4.69, 9.17) is 10.00 Å². The number of piperidine rings is 1. The number of nitrogens with one attached hydrogen (secondary N) is 1. The smallest absolute Gasteiger partial charge is 0.414 e. The highest BCUT2D eigenvalue weighted by Crippen LogP contribution is 2.31. The summed E-state index contributed by atoms with van der Waals surface area (Å²) in [6.45, 7) is 2.10. The van der Waals surface area contributed by atoms with Gasteiger partial charge in [0.1, 0.15) is 18.1 Å². The highest BCUT2D eigenvalue weighted by molar-refractivity contribution is 5.90. The van der Waals surface area contributed by atoms with E-state index in [1.165, 1.54) is 30.0 Å². The third kappa shape index (κ3) is 4.22. The van der Waals surface area contributed by atoms with Gasteiger partial charge in [0.05, 0.1) is 37.1 Å². The van der Waals surface area contributed by atoms with Gasteiger partial charge in [-0.25, -0.2) is 13.6 Å². The summed E-state index contributed by atoms with van der Waals surface area (Å²) in [4.78, 5) is 25.9. The lowest BCUT2D eigenvalue weighted by atomic mass is 10.0. The number of nitriles is 1. The van der Waals surface area contributed by atoms with Gasteiger partial charge < -0.3 is 15.0 Å². The number of rotatable bonds is 4. The Kier molecular flexibility index (Phi) is 5.78. The molecule has 1 aromatic carbocycles. The molecule has 148 valence electrons. The number of carbonyl (C=O) groups is 2. The Morgan fingerprint density at radius 1 is 1.46 bits per heavy atom. The van der Waals surface area contributed by atoms with E-state index in [9.17, 15) is 18.4 Å². The average Bonchev–Trinajstić information content (AvgIpc) is 3.02. The van der Waals surface area contributed by atoms with Crippen LogP contribution < -0.4 is 15.1 Å². The second kappa shape index (κ2) is 8.25. The molecular formula is C19H20F2N4O3. The number of halogens is 2. The molecule has 3 rings (SSSR count). The summed E-state index contributed by atoms with van der Waals surface area (Å²) >= 11 is 0. The third-order valence-electron chi connectivity index (χ3n) is 4.74. The van der Waals surface area contributed by atoms with Gasteiger partial charge in [0.2, 0.25) is 5.91 Å². The second-order valence-corrected chi connectivity index (χ2v) is 6.70. The zero-order valence-electron chi connectivity index (χ0n) is 15.3. The van der Waals surface area contributed by atoms with Gasteiger partial charge in [0.25, 0.3) is 0 Å². The van der Waals surface area contributed by atoms with Gasteiger partial charge in [-0.1, -0.05) is 0 Å². The van der Waals surface area contributed by atoms with E-state index in [1.807, 2.05) is 6.07 Å². The van der Waals surface area contributed by atoms with Crippen molar-refractivity contribution in [1.29, 1.82) is 5.26 Å². The summed E-state index contributed by atoms with van der Waals surface area (Å²) in [6.07, 6.45) is -0.901. The van der Waals surface area contributed by atoms with Crippen LogP contribution in [-0.4, -0.2) is 50.5 Å². The van der Waals surface area contributed by atoms with Crippen molar-refractivity contribution in [2.45, 2.75) is 25.6 Å². The number of amides is 2. The van der Waals surface area contributed by atoms with Gasteiger partial charge in [0.15, 0.2) is 0 Å². The van der Waals surface area contributed by atoms with Gasteiger partial charge >= 0.3 is 6.09 Å². The molecule has 7 nitrogen and oxygen atoms in total. The molecule has 0 saturated carbocycles. The summed E-state index contributed by atoms with van der Waals surface area (Å²) in [7, 11) is 0. The molecule has 1 N–H and O–H groups in total. The van der Waals surface area contributed by atoms with Crippen molar-refractivity contribution in [1.82, 2.24) is 5.32 Å². The third-order valence-corrected chi connectivity index (χ3v) is 4.74. The van der Waals surface area contributed by atoms with E-state index in [0.29, 0.717) is 24.2 Å². The van der Waals surface area contributed by atoms with Crippen molar-refractivity contribution < 1.29 is 23.1 Å². The number of nitrogens with zero attached hydrogens (tertiary/aromatic N) is 3. The fourth-order valence-corrected chi connectivity index (χ4v) is 3.30. The number of hydrogen-bond acceptors (Lipinski definition) is 5. The lowest BCUT2D eigenvalue weighted by Crippen LogP contribution is -2.38. The Balaban J connectivity index is 1.69. The summed E-state index contributed by atoms with van der Waals surface area (Å²) in [5.41, 5.74) is 0.987. The molecule has 0 radical (unpaired) electrons. The highest BCUT2D eigenvalue weighted by Gasteiger charge is 2.33. The SMILES string of the molecule is CC(=O)NCC1CN(c2ccc(N3CCC(=CC#N)C(F)C3)c(F)c2)C(=O)O1. The molecule has 2 amide bonds. The minimum absolute atomic E-state index is 0.0334. The molecule has 2 aliphatic heterocycles. The van der Waals surface area contributed by atoms with Gasteiger partial charge in [0, 0.05) is 19.5 Å². The number of alkyl halides is 1. The first kappa shape index (κ1) is 19.6. The van der Waals surface area contributed by atoms with Crippen molar-refractivity contribution in [3.63, 3.8) is 0 Å². The molecule has 1 aromatic rings. The number of benzene rings is 1. The minimum atomic E-state index is -1.32. The predicted octanol–water partition coefficient (Wildman–Crippen LogP) is 2.29. The highest BCUT2D eigenvalue weighted by atomic mass is 19.1. The van der Waals surface area contributed by atoms with Crippen LogP contribution in [0.5, 0.6) is 0 Å². The maximum absolute atomic E-state index is 14.7. The summed E-state index contributed by atoms with van der Waals surface area (Å²) < 4.78 is 34.0. The van der Waals surface area contributed by atoms with E-state index >= 15 is 0 Å².